The number of hydrogen-bond donors (Lipinski definition) is 5. The van der Waals surface area contributed by atoms with Crippen LogP contribution in [0.3, 0.4) is 0 Å². The van der Waals surface area contributed by atoms with Crippen LogP contribution in [-0.2, 0) is 27.1 Å². The monoisotopic (exact) mass is 540 g/mol. The van der Waals surface area contributed by atoms with Gasteiger partial charge in [0.2, 0.25) is 11.9 Å². The number of hydrogen-bond acceptors (Lipinski definition) is 10. The minimum atomic E-state index is -0.428. The Kier molecular flexibility index (Phi) is 11.7. The van der Waals surface area contributed by atoms with E-state index in [1.54, 1.807) is 18.3 Å². The molecule has 0 saturated heterocycles. The summed E-state index contributed by atoms with van der Waals surface area (Å²) in [6.07, 6.45) is 3.61. The van der Waals surface area contributed by atoms with Gasteiger partial charge in [0.1, 0.15) is 0 Å². The van der Waals surface area contributed by atoms with Crippen molar-refractivity contribution in [2.75, 3.05) is 45.3 Å². The molecule has 0 aliphatic heterocycles. The van der Waals surface area contributed by atoms with Gasteiger partial charge in [-0.05, 0) is 43.9 Å². The number of aromatic nitrogens is 4. The number of amides is 2. The number of ether oxygens (including phenoxy) is 2. The minimum Gasteiger partial charge on any atom is -0.378 e. The first-order valence-electron chi connectivity index (χ1n) is 12.9. The van der Waals surface area contributed by atoms with Gasteiger partial charge in [0.15, 0.2) is 11.2 Å². The molecule has 0 bridgehead atoms. The molecule has 1 atom stereocenters. The molecule has 0 spiro atoms. The third-order valence-electron chi connectivity index (χ3n) is 5.76. The predicted octanol–water partition coefficient (Wildman–Crippen LogP) is 0.0871. The Hall–Kier alpha value is -3.94. The molecular formula is C26H36N8O5. The number of fused-ring (bicyclic) bond motifs is 1. The largest absolute Gasteiger partial charge is 0.378 e. The number of nitrogens with zero attached hydrogens (tertiary/aromatic N) is 3. The van der Waals surface area contributed by atoms with Crippen LogP contribution in [0.5, 0.6) is 0 Å². The summed E-state index contributed by atoms with van der Waals surface area (Å²) < 4.78 is 10.6. The van der Waals surface area contributed by atoms with Crippen molar-refractivity contribution in [1.82, 2.24) is 30.6 Å². The molecule has 13 nitrogen and oxygen atoms in total. The Labute approximate surface area is 226 Å². The number of rotatable bonds is 16. The number of nitrogen functional groups attached to an aromatic ring is 1. The van der Waals surface area contributed by atoms with E-state index in [1.807, 2.05) is 19.1 Å². The summed E-state index contributed by atoms with van der Waals surface area (Å²) in [5.41, 5.74) is 13.0. The predicted molar refractivity (Wildman–Crippen MR) is 146 cm³/mol. The fourth-order valence-corrected chi connectivity index (χ4v) is 3.67. The molecule has 0 fully saturated rings. The Balaban J connectivity index is 1.35. The summed E-state index contributed by atoms with van der Waals surface area (Å²) in [6, 6.07) is 7.10. The Morgan fingerprint density at radius 3 is 2.54 bits per heavy atom. The highest BCUT2D eigenvalue weighted by atomic mass is 16.5. The lowest BCUT2D eigenvalue weighted by Gasteiger charge is -2.14. The second-order valence-electron chi connectivity index (χ2n) is 8.96. The maximum Gasteiger partial charge on any atom is 0.280 e. The van der Waals surface area contributed by atoms with Crippen molar-refractivity contribution in [1.29, 1.82) is 0 Å². The number of benzene rings is 1. The molecular weight excluding hydrogens is 504 g/mol. The summed E-state index contributed by atoms with van der Waals surface area (Å²) in [5, 5.41) is 5.72. The van der Waals surface area contributed by atoms with E-state index in [1.165, 1.54) is 0 Å². The summed E-state index contributed by atoms with van der Waals surface area (Å²) in [6.45, 7) is 4.60. The van der Waals surface area contributed by atoms with Gasteiger partial charge in [0.25, 0.3) is 11.5 Å². The number of nitrogens with one attached hydrogen (secondary N) is 3. The van der Waals surface area contributed by atoms with Crippen LogP contribution in [0.4, 0.5) is 5.95 Å². The van der Waals surface area contributed by atoms with Gasteiger partial charge in [-0.15, -0.1) is 0 Å². The van der Waals surface area contributed by atoms with Crippen LogP contribution in [0.25, 0.3) is 11.2 Å². The van der Waals surface area contributed by atoms with Crippen molar-refractivity contribution < 1.29 is 19.1 Å². The van der Waals surface area contributed by atoms with Crippen molar-refractivity contribution in [3.05, 3.63) is 57.6 Å². The number of carbonyl (C=O) groups is 2. The average Bonchev–Trinajstić information content (AvgIpc) is 2.92. The average molecular weight is 541 g/mol. The van der Waals surface area contributed by atoms with Crippen LogP contribution in [0, 0.1) is 0 Å². The Bertz CT molecular complexity index is 1280. The molecule has 2 heterocycles. The van der Waals surface area contributed by atoms with Crippen molar-refractivity contribution in [3.63, 3.8) is 0 Å². The fraction of sp³-hybridized carbons (Fsp3) is 0.462. The summed E-state index contributed by atoms with van der Waals surface area (Å²) in [7, 11) is 0. The number of aromatic amines is 1. The van der Waals surface area contributed by atoms with Gasteiger partial charge in [-0.25, -0.2) is 9.97 Å². The van der Waals surface area contributed by atoms with Crippen LogP contribution in [0.15, 0.2) is 35.3 Å². The molecule has 0 radical (unpaired) electrons. The van der Waals surface area contributed by atoms with Gasteiger partial charge in [0, 0.05) is 31.1 Å². The zero-order valence-electron chi connectivity index (χ0n) is 22.1. The SMILES string of the molecule is C[C@H](CCC(=O)NCCOCCOCCN)NC(=O)c1ccc(CCc2cnc3nc(N)[nH]c(=O)c3n2)cc1. The molecule has 13 heteroatoms. The third kappa shape index (κ3) is 10.0. The quantitative estimate of drug-likeness (QED) is 0.155. The highest BCUT2D eigenvalue weighted by molar-refractivity contribution is 5.94. The van der Waals surface area contributed by atoms with Crippen LogP contribution < -0.4 is 27.7 Å². The fourth-order valence-electron chi connectivity index (χ4n) is 3.67. The van der Waals surface area contributed by atoms with E-state index in [0.717, 1.165) is 5.56 Å². The number of H-pyrrole nitrogens is 1. The van der Waals surface area contributed by atoms with Gasteiger partial charge in [0.05, 0.1) is 38.3 Å². The lowest BCUT2D eigenvalue weighted by Crippen LogP contribution is -2.34. The van der Waals surface area contributed by atoms with Crippen molar-refractivity contribution >= 4 is 28.9 Å². The molecule has 3 rings (SSSR count). The van der Waals surface area contributed by atoms with E-state index in [2.05, 4.69) is 30.6 Å². The number of anilines is 1. The molecule has 7 N–H and O–H groups in total. The Morgan fingerprint density at radius 2 is 1.79 bits per heavy atom. The van der Waals surface area contributed by atoms with Gasteiger partial charge in [-0.1, -0.05) is 12.1 Å². The zero-order chi connectivity index (χ0) is 28.0. The molecule has 3 aromatic rings. The highest BCUT2D eigenvalue weighted by Crippen LogP contribution is 2.10. The van der Waals surface area contributed by atoms with Crippen LogP contribution in [0.2, 0.25) is 0 Å². The van der Waals surface area contributed by atoms with Gasteiger partial charge >= 0.3 is 0 Å². The molecule has 2 amide bonds. The molecule has 0 unspecified atom stereocenters. The maximum atomic E-state index is 12.6. The molecule has 0 aliphatic carbocycles. The molecule has 1 aromatic carbocycles. The van der Waals surface area contributed by atoms with E-state index in [0.29, 0.717) is 76.5 Å². The van der Waals surface area contributed by atoms with Gasteiger partial charge in [-0.3, -0.25) is 19.4 Å². The lowest BCUT2D eigenvalue weighted by molar-refractivity contribution is -0.121. The smallest absolute Gasteiger partial charge is 0.280 e. The number of carbonyl (C=O) groups excluding carboxylic acids is 2. The van der Waals surface area contributed by atoms with E-state index in [4.69, 9.17) is 20.9 Å². The lowest BCUT2D eigenvalue weighted by atomic mass is 10.1. The maximum absolute atomic E-state index is 12.6. The first-order valence-corrected chi connectivity index (χ1v) is 12.9. The summed E-state index contributed by atoms with van der Waals surface area (Å²) >= 11 is 0. The topological polar surface area (TPSA) is 200 Å². The summed E-state index contributed by atoms with van der Waals surface area (Å²) in [4.78, 5) is 51.6. The van der Waals surface area contributed by atoms with E-state index in [-0.39, 0.29) is 35.0 Å². The number of aryl methyl sites for hydroxylation is 2. The second kappa shape index (κ2) is 15.5. The van der Waals surface area contributed by atoms with Crippen LogP contribution in [0.1, 0.15) is 41.4 Å². The highest BCUT2D eigenvalue weighted by Gasteiger charge is 2.12. The Morgan fingerprint density at radius 1 is 1.05 bits per heavy atom. The molecule has 39 heavy (non-hydrogen) atoms. The normalized spacial score (nSPS) is 11.8. The van der Waals surface area contributed by atoms with Crippen molar-refractivity contribution in [2.45, 2.75) is 38.6 Å². The van der Waals surface area contributed by atoms with Crippen molar-refractivity contribution in [2.24, 2.45) is 5.73 Å². The number of nitrogens with two attached hydrogens (primary N) is 2. The third-order valence-corrected chi connectivity index (χ3v) is 5.76. The second-order valence-corrected chi connectivity index (χ2v) is 8.96. The first kappa shape index (κ1) is 29.6. The van der Waals surface area contributed by atoms with Gasteiger partial charge in [-0.2, -0.15) is 4.98 Å². The molecule has 210 valence electrons. The molecule has 2 aromatic heterocycles. The van der Waals surface area contributed by atoms with E-state index < -0.39 is 5.56 Å². The van der Waals surface area contributed by atoms with Crippen molar-refractivity contribution in [3.8, 4) is 0 Å². The van der Waals surface area contributed by atoms with E-state index in [9.17, 15) is 14.4 Å². The minimum absolute atomic E-state index is 0.00280. The molecule has 0 aliphatic rings. The van der Waals surface area contributed by atoms with Crippen LogP contribution >= 0.6 is 0 Å². The zero-order valence-corrected chi connectivity index (χ0v) is 22.1. The summed E-state index contributed by atoms with van der Waals surface area (Å²) in [5.74, 6) is -0.298. The van der Waals surface area contributed by atoms with E-state index >= 15 is 0 Å². The standard InChI is InChI=1S/C26H36N8O5/c1-17(2-9-21(35)29-11-13-39-15-14-38-12-10-27)31-24(36)19-6-3-18(4-7-19)5-8-20-16-30-23-22(32-20)25(37)34-26(28)33-23/h3-4,6-7,16-17H,2,5,8-15,27H2,1H3,(H,29,35)(H,31,36)(H3,28,30,33,34,37)/t17-/m1/s1. The first-order chi connectivity index (χ1) is 18.9. The van der Waals surface area contributed by atoms with Crippen LogP contribution in [-0.4, -0.2) is 77.3 Å². The van der Waals surface area contributed by atoms with Gasteiger partial charge < -0.3 is 31.6 Å². The molecule has 0 saturated carbocycles.